The monoisotopic (exact) mass is 323 g/mol. The summed E-state index contributed by atoms with van der Waals surface area (Å²) in [6, 6.07) is 8.28. The average molecular weight is 323 g/mol. The highest BCUT2D eigenvalue weighted by Gasteiger charge is 2.27. The number of H-pyrrole nitrogens is 1. The van der Waals surface area contributed by atoms with Crippen molar-refractivity contribution in [3.63, 3.8) is 0 Å². The number of fused-ring (bicyclic) bond motifs is 1. The van der Waals surface area contributed by atoms with Gasteiger partial charge in [0.2, 0.25) is 0 Å². The molecular formula is C18H21N5O. The summed E-state index contributed by atoms with van der Waals surface area (Å²) in [7, 11) is 1.83. The first kappa shape index (κ1) is 14.9. The number of nitrogens with zero attached hydrogens (tertiary/aromatic N) is 3. The second-order valence-electron chi connectivity index (χ2n) is 6.56. The van der Waals surface area contributed by atoms with Crippen LogP contribution < -0.4 is 5.32 Å². The zero-order valence-corrected chi connectivity index (χ0v) is 13.7. The number of benzene rings is 1. The summed E-state index contributed by atoms with van der Waals surface area (Å²) in [5.41, 5.74) is 2.68. The molecule has 1 fully saturated rings. The lowest BCUT2D eigenvalue weighted by molar-refractivity contribution is 0.0916. The molecule has 6 heteroatoms. The number of imidazole rings is 2. The third-order valence-electron chi connectivity index (χ3n) is 4.85. The van der Waals surface area contributed by atoms with Gasteiger partial charge in [0.1, 0.15) is 11.5 Å². The van der Waals surface area contributed by atoms with Crippen LogP contribution in [0.5, 0.6) is 0 Å². The molecule has 0 unspecified atom stereocenters. The molecule has 0 saturated heterocycles. The van der Waals surface area contributed by atoms with Crippen molar-refractivity contribution in [3.8, 4) is 0 Å². The summed E-state index contributed by atoms with van der Waals surface area (Å²) in [5.74, 6) is 1.35. The molecule has 2 N–H and O–H groups in total. The van der Waals surface area contributed by atoms with Crippen molar-refractivity contribution in [1.29, 1.82) is 0 Å². The number of amides is 1. The van der Waals surface area contributed by atoms with E-state index in [2.05, 4.69) is 21.4 Å². The van der Waals surface area contributed by atoms with Crippen molar-refractivity contribution in [3.05, 3.63) is 48.3 Å². The van der Waals surface area contributed by atoms with E-state index in [1.54, 1.807) is 17.1 Å². The van der Waals surface area contributed by atoms with Crippen LogP contribution in [0.3, 0.4) is 0 Å². The molecule has 124 valence electrons. The molecule has 1 amide bonds. The molecule has 4 rings (SSSR count). The van der Waals surface area contributed by atoms with Gasteiger partial charge in [0.25, 0.3) is 5.91 Å². The molecule has 2 atom stereocenters. The smallest absolute Gasteiger partial charge is 0.269 e. The molecule has 2 aromatic heterocycles. The second kappa shape index (κ2) is 6.11. The molecule has 1 aromatic carbocycles. The molecule has 2 heterocycles. The van der Waals surface area contributed by atoms with Gasteiger partial charge in [-0.2, -0.15) is 0 Å². The van der Waals surface area contributed by atoms with Crippen LogP contribution >= 0.6 is 0 Å². The van der Waals surface area contributed by atoms with Crippen LogP contribution in [-0.2, 0) is 7.05 Å². The lowest BCUT2D eigenvalue weighted by Crippen LogP contribution is -2.38. The highest BCUT2D eigenvalue weighted by atomic mass is 16.2. The Morgan fingerprint density at radius 3 is 3.00 bits per heavy atom. The van der Waals surface area contributed by atoms with Crippen molar-refractivity contribution in [2.24, 2.45) is 7.05 Å². The van der Waals surface area contributed by atoms with Gasteiger partial charge in [0.15, 0.2) is 0 Å². The summed E-state index contributed by atoms with van der Waals surface area (Å²) < 4.78 is 1.74. The topological polar surface area (TPSA) is 75.6 Å². The molecule has 0 aliphatic heterocycles. The van der Waals surface area contributed by atoms with Gasteiger partial charge in [-0.15, -0.1) is 0 Å². The van der Waals surface area contributed by atoms with Crippen molar-refractivity contribution < 1.29 is 4.79 Å². The van der Waals surface area contributed by atoms with E-state index in [9.17, 15) is 4.79 Å². The summed E-state index contributed by atoms with van der Waals surface area (Å²) in [6.07, 6.45) is 7.39. The van der Waals surface area contributed by atoms with Gasteiger partial charge >= 0.3 is 0 Å². The van der Waals surface area contributed by atoms with E-state index in [0.29, 0.717) is 11.6 Å². The number of nitrogens with one attached hydrogen (secondary N) is 2. The standard InChI is InChI=1S/C18H21N5O/c1-23-11-19-10-16(23)18(24)20-13-6-4-5-12(9-13)17-21-14-7-2-3-8-15(14)22-17/h2-3,7-8,10-13H,4-6,9H2,1H3,(H,20,24)(H,21,22)/t12-,13+/m0/s1. The molecule has 0 spiro atoms. The van der Waals surface area contributed by atoms with E-state index in [1.807, 2.05) is 25.2 Å². The highest BCUT2D eigenvalue weighted by Crippen LogP contribution is 2.32. The predicted molar refractivity (Wildman–Crippen MR) is 91.8 cm³/mol. The fourth-order valence-electron chi connectivity index (χ4n) is 3.57. The van der Waals surface area contributed by atoms with Crippen molar-refractivity contribution in [1.82, 2.24) is 24.8 Å². The Labute approximate surface area is 140 Å². The first-order chi connectivity index (χ1) is 11.7. The highest BCUT2D eigenvalue weighted by molar-refractivity contribution is 5.92. The summed E-state index contributed by atoms with van der Waals surface area (Å²) >= 11 is 0. The number of aromatic amines is 1. The maximum absolute atomic E-state index is 12.4. The zero-order valence-electron chi connectivity index (χ0n) is 13.7. The predicted octanol–water partition coefficient (Wildman–Crippen LogP) is 2.75. The number of rotatable bonds is 3. The van der Waals surface area contributed by atoms with Gasteiger partial charge in [0.05, 0.1) is 23.6 Å². The fraction of sp³-hybridized carbons (Fsp3) is 0.389. The van der Waals surface area contributed by atoms with Crippen LogP contribution in [0.2, 0.25) is 0 Å². The van der Waals surface area contributed by atoms with Crippen LogP contribution in [0, 0.1) is 0 Å². The van der Waals surface area contributed by atoms with E-state index < -0.39 is 0 Å². The van der Waals surface area contributed by atoms with Crippen molar-refractivity contribution in [2.75, 3.05) is 0 Å². The number of aromatic nitrogens is 4. The van der Waals surface area contributed by atoms with Crippen LogP contribution in [0.4, 0.5) is 0 Å². The number of para-hydroxylation sites is 2. The molecule has 1 aliphatic carbocycles. The molecule has 1 aliphatic rings. The van der Waals surface area contributed by atoms with E-state index in [-0.39, 0.29) is 11.9 Å². The third kappa shape index (κ3) is 2.79. The Morgan fingerprint density at radius 1 is 1.33 bits per heavy atom. The van der Waals surface area contributed by atoms with Crippen molar-refractivity contribution >= 4 is 16.9 Å². The summed E-state index contributed by atoms with van der Waals surface area (Å²) in [5, 5.41) is 3.15. The molecular weight excluding hydrogens is 302 g/mol. The Balaban J connectivity index is 1.47. The Bertz CT molecular complexity index is 832. The van der Waals surface area contributed by atoms with Gasteiger partial charge in [-0.05, 0) is 31.4 Å². The lowest BCUT2D eigenvalue weighted by atomic mass is 9.85. The van der Waals surface area contributed by atoms with E-state index in [4.69, 9.17) is 4.98 Å². The number of hydrogen-bond acceptors (Lipinski definition) is 3. The fourth-order valence-corrected chi connectivity index (χ4v) is 3.57. The second-order valence-corrected chi connectivity index (χ2v) is 6.56. The van der Waals surface area contributed by atoms with Gasteiger partial charge in [-0.1, -0.05) is 18.6 Å². The molecule has 0 radical (unpaired) electrons. The summed E-state index contributed by atoms with van der Waals surface area (Å²) in [6.45, 7) is 0. The molecule has 24 heavy (non-hydrogen) atoms. The number of aryl methyl sites for hydroxylation is 1. The maximum atomic E-state index is 12.4. The van der Waals surface area contributed by atoms with Crippen LogP contribution in [0.15, 0.2) is 36.8 Å². The van der Waals surface area contributed by atoms with Crippen LogP contribution in [0.25, 0.3) is 11.0 Å². The van der Waals surface area contributed by atoms with Gasteiger partial charge < -0.3 is 14.9 Å². The minimum absolute atomic E-state index is 0.0507. The maximum Gasteiger partial charge on any atom is 0.269 e. The van der Waals surface area contributed by atoms with E-state index in [1.165, 1.54) is 0 Å². The normalized spacial score (nSPS) is 21.0. The van der Waals surface area contributed by atoms with Gasteiger partial charge in [-0.3, -0.25) is 4.79 Å². The largest absolute Gasteiger partial charge is 0.348 e. The molecule has 1 saturated carbocycles. The Hall–Kier alpha value is -2.63. The van der Waals surface area contributed by atoms with Crippen LogP contribution in [0.1, 0.15) is 47.9 Å². The lowest BCUT2D eigenvalue weighted by Gasteiger charge is -2.28. The molecule has 3 aromatic rings. The number of carbonyl (C=O) groups excluding carboxylic acids is 1. The number of carbonyl (C=O) groups is 1. The molecule has 0 bridgehead atoms. The van der Waals surface area contributed by atoms with Crippen LogP contribution in [-0.4, -0.2) is 31.5 Å². The molecule has 6 nitrogen and oxygen atoms in total. The third-order valence-corrected chi connectivity index (χ3v) is 4.85. The summed E-state index contributed by atoms with van der Waals surface area (Å²) in [4.78, 5) is 24.6. The van der Waals surface area contributed by atoms with Gasteiger partial charge in [-0.25, -0.2) is 9.97 Å². The van der Waals surface area contributed by atoms with Gasteiger partial charge in [0, 0.05) is 19.0 Å². The zero-order chi connectivity index (χ0) is 16.5. The Kier molecular flexibility index (Phi) is 3.80. The quantitative estimate of drug-likeness (QED) is 0.778. The number of hydrogen-bond donors (Lipinski definition) is 2. The Morgan fingerprint density at radius 2 is 2.21 bits per heavy atom. The SMILES string of the molecule is Cn1cncc1C(=O)N[C@@H]1CCC[C@H](c2nc3ccccc3[nH]2)C1. The first-order valence-electron chi connectivity index (χ1n) is 8.42. The first-order valence-corrected chi connectivity index (χ1v) is 8.42. The average Bonchev–Trinajstić information content (AvgIpc) is 3.21. The minimum Gasteiger partial charge on any atom is -0.348 e. The van der Waals surface area contributed by atoms with E-state index >= 15 is 0 Å². The minimum atomic E-state index is -0.0507. The van der Waals surface area contributed by atoms with Crippen molar-refractivity contribution in [2.45, 2.75) is 37.6 Å². The van der Waals surface area contributed by atoms with E-state index in [0.717, 1.165) is 42.5 Å².